The molecular weight excluding hydrogens is 456 g/mol. The van der Waals surface area contributed by atoms with Gasteiger partial charge in [0, 0.05) is 11.6 Å². The van der Waals surface area contributed by atoms with Crippen molar-refractivity contribution in [1.29, 1.82) is 0 Å². The number of ether oxygens (including phenoxy) is 2. The average molecular weight is 483 g/mol. The van der Waals surface area contributed by atoms with Crippen LogP contribution in [0.1, 0.15) is 47.8 Å². The highest BCUT2D eigenvalue weighted by atomic mass is 35.5. The summed E-state index contributed by atoms with van der Waals surface area (Å²) in [6.07, 6.45) is 5.31. The van der Waals surface area contributed by atoms with Crippen molar-refractivity contribution in [3.8, 4) is 11.5 Å². The molecule has 1 unspecified atom stereocenters. The fourth-order valence-electron chi connectivity index (χ4n) is 4.41. The number of methoxy groups -OCH3 is 2. The fourth-order valence-corrected chi connectivity index (χ4v) is 4.63. The van der Waals surface area contributed by atoms with Crippen LogP contribution in [0.4, 0.5) is 5.69 Å². The summed E-state index contributed by atoms with van der Waals surface area (Å²) in [5.41, 5.74) is 0.846. The Morgan fingerprint density at radius 1 is 1.03 bits per heavy atom. The largest absolute Gasteiger partial charge is 0.493 e. The maximum absolute atomic E-state index is 13.9. The second-order valence-corrected chi connectivity index (χ2v) is 8.49. The number of nitrogens with zero attached hydrogens (tertiary/aromatic N) is 1. The van der Waals surface area contributed by atoms with Gasteiger partial charge >= 0.3 is 0 Å². The maximum Gasteiger partial charge on any atom is 0.295 e. The molecule has 1 fully saturated rings. The third-order valence-corrected chi connectivity index (χ3v) is 6.32. The van der Waals surface area contributed by atoms with Gasteiger partial charge < -0.3 is 19.2 Å². The molecule has 2 aromatic carbocycles. The molecule has 3 aromatic rings. The Hall–Kier alpha value is -3.45. The molecule has 1 aliphatic rings. The number of para-hydroxylation sites is 2. The second-order valence-electron chi connectivity index (χ2n) is 8.08. The number of nitrogens with one attached hydrogen (secondary N) is 1. The van der Waals surface area contributed by atoms with Crippen LogP contribution >= 0.6 is 11.6 Å². The van der Waals surface area contributed by atoms with Crippen molar-refractivity contribution in [2.24, 2.45) is 0 Å². The maximum atomic E-state index is 13.9. The van der Waals surface area contributed by atoms with E-state index in [-0.39, 0.29) is 17.7 Å². The van der Waals surface area contributed by atoms with Crippen molar-refractivity contribution in [1.82, 2.24) is 5.32 Å². The Morgan fingerprint density at radius 3 is 2.44 bits per heavy atom. The zero-order chi connectivity index (χ0) is 24.1. The van der Waals surface area contributed by atoms with Crippen molar-refractivity contribution in [2.75, 3.05) is 19.1 Å². The molecule has 2 amide bonds. The molecular formula is C26H27ClN2O5. The van der Waals surface area contributed by atoms with E-state index in [1.807, 2.05) is 0 Å². The number of amides is 2. The molecule has 0 spiro atoms. The van der Waals surface area contributed by atoms with E-state index in [1.54, 1.807) is 54.6 Å². The van der Waals surface area contributed by atoms with Crippen LogP contribution in [0.3, 0.4) is 0 Å². The van der Waals surface area contributed by atoms with Gasteiger partial charge in [0.25, 0.3) is 5.91 Å². The van der Waals surface area contributed by atoms with E-state index < -0.39 is 11.9 Å². The van der Waals surface area contributed by atoms with E-state index in [2.05, 4.69) is 5.32 Å². The van der Waals surface area contributed by atoms with Crippen molar-refractivity contribution >= 4 is 29.1 Å². The Labute approximate surface area is 203 Å². The topological polar surface area (TPSA) is 81.0 Å². The van der Waals surface area contributed by atoms with Gasteiger partial charge in [-0.3, -0.25) is 14.5 Å². The molecule has 1 N–H and O–H groups in total. The molecule has 1 atom stereocenters. The third-order valence-electron chi connectivity index (χ3n) is 6.00. The Bertz CT molecular complexity index is 1140. The minimum absolute atomic E-state index is 0.0402. The van der Waals surface area contributed by atoms with Crippen molar-refractivity contribution in [2.45, 2.75) is 37.8 Å². The zero-order valence-electron chi connectivity index (χ0n) is 19.1. The lowest BCUT2D eigenvalue weighted by atomic mass is 10.00. The lowest BCUT2D eigenvalue weighted by molar-refractivity contribution is -0.123. The molecule has 178 valence electrons. The molecule has 7 nitrogen and oxygen atoms in total. The standard InChI is InChI=1S/C26H27ClN2O5/c1-32-21-14-7-11-18(24(21)33-2)23(25(30)28-17-9-3-4-10-17)29(20-13-6-5-12-19(20)27)26(31)22-15-8-16-34-22/h5-8,11-17,23H,3-4,9-10H2,1-2H3,(H,28,30). The molecule has 0 saturated heterocycles. The van der Waals surface area contributed by atoms with Gasteiger partial charge in [-0.2, -0.15) is 0 Å². The normalized spacial score (nSPS) is 14.4. The minimum atomic E-state index is -1.09. The second kappa shape index (κ2) is 10.7. The highest BCUT2D eigenvalue weighted by molar-refractivity contribution is 6.34. The van der Waals surface area contributed by atoms with Gasteiger partial charge in [0.2, 0.25) is 5.91 Å². The van der Waals surface area contributed by atoms with Crippen molar-refractivity contribution in [3.05, 3.63) is 77.2 Å². The number of benzene rings is 2. The number of hydrogen-bond acceptors (Lipinski definition) is 5. The lowest BCUT2D eigenvalue weighted by Gasteiger charge is -2.33. The Morgan fingerprint density at radius 2 is 1.79 bits per heavy atom. The summed E-state index contributed by atoms with van der Waals surface area (Å²) >= 11 is 6.55. The first kappa shape index (κ1) is 23.7. The molecule has 1 heterocycles. The van der Waals surface area contributed by atoms with Crippen LogP contribution in [0.5, 0.6) is 11.5 Å². The Balaban J connectivity index is 1.90. The number of hydrogen-bond donors (Lipinski definition) is 1. The first-order valence-electron chi connectivity index (χ1n) is 11.2. The van der Waals surface area contributed by atoms with Gasteiger partial charge in [0.1, 0.15) is 6.04 Å². The van der Waals surface area contributed by atoms with Crippen LogP contribution in [0.15, 0.2) is 65.3 Å². The molecule has 1 aliphatic carbocycles. The highest BCUT2D eigenvalue weighted by Crippen LogP contribution is 2.41. The number of carbonyl (C=O) groups is 2. The molecule has 4 rings (SSSR count). The van der Waals surface area contributed by atoms with Crippen LogP contribution in [0, 0.1) is 0 Å². The quantitative estimate of drug-likeness (QED) is 0.465. The van der Waals surface area contributed by atoms with E-state index in [0.717, 1.165) is 25.7 Å². The minimum Gasteiger partial charge on any atom is -0.493 e. The highest BCUT2D eigenvalue weighted by Gasteiger charge is 2.38. The van der Waals surface area contributed by atoms with Crippen molar-refractivity contribution < 1.29 is 23.5 Å². The molecule has 0 bridgehead atoms. The van der Waals surface area contributed by atoms with Crippen LogP contribution in [0.25, 0.3) is 0 Å². The van der Waals surface area contributed by atoms with E-state index in [9.17, 15) is 9.59 Å². The SMILES string of the molecule is COc1cccc(C(C(=O)NC2CCCC2)N(C(=O)c2ccco2)c2ccccc2Cl)c1OC. The summed E-state index contributed by atoms with van der Waals surface area (Å²) in [5, 5.41) is 3.46. The predicted molar refractivity (Wildman–Crippen MR) is 130 cm³/mol. The predicted octanol–water partition coefficient (Wildman–Crippen LogP) is 5.40. The number of carbonyl (C=O) groups excluding carboxylic acids is 2. The van der Waals surface area contributed by atoms with Gasteiger partial charge in [0.15, 0.2) is 17.3 Å². The van der Waals surface area contributed by atoms with Crippen molar-refractivity contribution in [3.63, 3.8) is 0 Å². The zero-order valence-corrected chi connectivity index (χ0v) is 19.9. The molecule has 34 heavy (non-hydrogen) atoms. The van der Waals surface area contributed by atoms with Crippen LogP contribution in [0.2, 0.25) is 5.02 Å². The first-order valence-corrected chi connectivity index (χ1v) is 11.6. The molecule has 8 heteroatoms. The van der Waals surface area contributed by atoms with E-state index >= 15 is 0 Å². The number of halogens is 1. The third kappa shape index (κ3) is 4.75. The molecule has 0 aliphatic heterocycles. The number of furan rings is 1. The van der Waals surface area contributed by atoms with Gasteiger partial charge in [-0.15, -0.1) is 0 Å². The molecule has 1 saturated carbocycles. The summed E-state index contributed by atoms with van der Waals surface area (Å²) < 4.78 is 16.5. The van der Waals surface area contributed by atoms with Gasteiger partial charge in [-0.25, -0.2) is 0 Å². The van der Waals surface area contributed by atoms with E-state index in [0.29, 0.717) is 27.8 Å². The van der Waals surface area contributed by atoms with Gasteiger partial charge in [0.05, 0.1) is 31.2 Å². The van der Waals surface area contributed by atoms with E-state index in [4.69, 9.17) is 25.5 Å². The van der Waals surface area contributed by atoms with Crippen LogP contribution in [-0.2, 0) is 4.79 Å². The van der Waals surface area contributed by atoms with E-state index in [1.165, 1.54) is 25.4 Å². The Kier molecular flexibility index (Phi) is 7.43. The summed E-state index contributed by atoms with van der Waals surface area (Å²) in [6.45, 7) is 0. The summed E-state index contributed by atoms with van der Waals surface area (Å²) in [7, 11) is 3.02. The lowest BCUT2D eigenvalue weighted by Crippen LogP contribution is -2.46. The number of anilines is 1. The smallest absolute Gasteiger partial charge is 0.295 e. The summed E-state index contributed by atoms with van der Waals surface area (Å²) in [5.74, 6) is 0.0531. The fraction of sp³-hybridized carbons (Fsp3) is 0.308. The summed E-state index contributed by atoms with van der Waals surface area (Å²) in [4.78, 5) is 29.0. The van der Waals surface area contributed by atoms with Crippen LogP contribution in [-0.4, -0.2) is 32.1 Å². The van der Waals surface area contributed by atoms with Crippen LogP contribution < -0.4 is 19.7 Å². The van der Waals surface area contributed by atoms with Gasteiger partial charge in [-0.1, -0.05) is 48.7 Å². The first-order chi connectivity index (χ1) is 16.5. The number of rotatable bonds is 8. The monoisotopic (exact) mass is 482 g/mol. The van der Waals surface area contributed by atoms with Gasteiger partial charge in [-0.05, 0) is 43.2 Å². The summed E-state index contributed by atoms with van der Waals surface area (Å²) in [6, 6.07) is 14.3. The molecule has 0 radical (unpaired) electrons. The molecule has 1 aromatic heterocycles. The average Bonchev–Trinajstić information content (AvgIpc) is 3.57.